The molecule has 0 saturated carbocycles. The molecule has 0 aliphatic heterocycles. The van der Waals surface area contributed by atoms with E-state index in [9.17, 15) is 24.6 Å². The third-order valence-corrected chi connectivity index (χ3v) is 5.06. The van der Waals surface area contributed by atoms with Crippen molar-refractivity contribution >= 4 is 40.0 Å². The Morgan fingerprint density at radius 3 is 2.30 bits per heavy atom. The second-order valence-electron chi connectivity index (χ2n) is 7.59. The van der Waals surface area contributed by atoms with E-state index in [4.69, 9.17) is 26.4 Å². The zero-order chi connectivity index (χ0) is 24.3. The Hall–Kier alpha value is -4.21. The molecule has 0 spiro atoms. The van der Waals surface area contributed by atoms with Crippen LogP contribution in [0.5, 0.6) is 17.2 Å². The molecule has 8 N–H and O–H groups in total. The fourth-order valence-electron chi connectivity index (χ4n) is 3.36. The van der Waals surface area contributed by atoms with Crippen LogP contribution in [0.2, 0.25) is 0 Å². The highest BCUT2D eigenvalue weighted by Gasteiger charge is 2.25. The molecule has 0 bridgehead atoms. The highest BCUT2D eigenvalue weighted by Crippen LogP contribution is 2.38. The van der Waals surface area contributed by atoms with Crippen molar-refractivity contribution in [1.82, 2.24) is 0 Å². The number of esters is 1. The molecule has 1 amide bonds. The maximum Gasteiger partial charge on any atom is 0.311 e. The van der Waals surface area contributed by atoms with Crippen molar-refractivity contribution in [3.63, 3.8) is 0 Å². The number of unbranched alkanes of at least 4 members (excludes halogenated alkanes) is 1. The van der Waals surface area contributed by atoms with Crippen molar-refractivity contribution in [2.75, 3.05) is 11.5 Å². The number of nitrogen functional groups attached to an aromatic ring is 2. The predicted octanol–water partition coefficient (Wildman–Crippen LogP) is 2.75. The van der Waals surface area contributed by atoms with Crippen LogP contribution in [0, 0.1) is 0 Å². The summed E-state index contributed by atoms with van der Waals surface area (Å²) in [6, 6.07) is 5.07. The Morgan fingerprint density at radius 1 is 1.03 bits per heavy atom. The first-order chi connectivity index (χ1) is 15.6. The van der Waals surface area contributed by atoms with Crippen LogP contribution in [-0.4, -0.2) is 27.9 Å². The Labute approximate surface area is 188 Å². The van der Waals surface area contributed by atoms with E-state index in [0.29, 0.717) is 6.42 Å². The van der Waals surface area contributed by atoms with E-state index in [1.807, 2.05) is 6.92 Å². The molecule has 2 aromatic carbocycles. The molecular weight excluding hydrogens is 430 g/mol. The minimum absolute atomic E-state index is 0.0144. The van der Waals surface area contributed by atoms with Crippen LogP contribution in [0.25, 0.3) is 11.0 Å². The van der Waals surface area contributed by atoms with Crippen molar-refractivity contribution in [3.05, 3.63) is 41.2 Å². The zero-order valence-electron chi connectivity index (χ0n) is 18.0. The fraction of sp³-hybridized carbons (Fsp3) is 0.261. The monoisotopic (exact) mass is 455 g/mol. The van der Waals surface area contributed by atoms with E-state index in [2.05, 4.69) is 0 Å². The van der Waals surface area contributed by atoms with Gasteiger partial charge in [0.05, 0.1) is 16.9 Å². The fourth-order valence-corrected chi connectivity index (χ4v) is 3.36. The summed E-state index contributed by atoms with van der Waals surface area (Å²) in [4.78, 5) is 36.7. The van der Waals surface area contributed by atoms with Gasteiger partial charge >= 0.3 is 5.97 Å². The van der Waals surface area contributed by atoms with Gasteiger partial charge in [0.25, 0.3) is 0 Å². The average molecular weight is 455 g/mol. The molecule has 10 heteroatoms. The number of fused-ring (bicyclic) bond motifs is 1. The number of ether oxygens (including phenoxy) is 1. The Balaban J connectivity index is 2.10. The van der Waals surface area contributed by atoms with Crippen LogP contribution >= 0.6 is 0 Å². The molecule has 0 atom stereocenters. The second kappa shape index (κ2) is 9.51. The lowest BCUT2D eigenvalue weighted by atomic mass is 9.97. The number of phenols is 2. The minimum Gasteiger partial charge on any atom is -0.504 e. The van der Waals surface area contributed by atoms with Crippen molar-refractivity contribution < 1.29 is 33.8 Å². The number of aromatic hydroxyl groups is 2. The largest absolute Gasteiger partial charge is 0.504 e. The van der Waals surface area contributed by atoms with E-state index >= 15 is 0 Å². The first-order valence-corrected chi connectivity index (χ1v) is 10.3. The van der Waals surface area contributed by atoms with Crippen LogP contribution in [0.15, 0.2) is 28.7 Å². The lowest BCUT2D eigenvalue weighted by Crippen LogP contribution is -2.12. The van der Waals surface area contributed by atoms with Crippen LogP contribution in [0.1, 0.15) is 54.3 Å². The van der Waals surface area contributed by atoms with Gasteiger partial charge in [-0.15, -0.1) is 0 Å². The topological polar surface area (TPSA) is 192 Å². The number of benzene rings is 2. The summed E-state index contributed by atoms with van der Waals surface area (Å²) < 4.78 is 11.0. The van der Waals surface area contributed by atoms with Gasteiger partial charge in [0.15, 0.2) is 23.0 Å². The molecule has 0 radical (unpaired) electrons. The summed E-state index contributed by atoms with van der Waals surface area (Å²) in [5.74, 6) is -2.35. The van der Waals surface area contributed by atoms with E-state index in [0.717, 1.165) is 6.42 Å². The molecule has 0 unspecified atom stereocenters. The maximum absolute atomic E-state index is 13.4. The Morgan fingerprint density at radius 2 is 1.70 bits per heavy atom. The van der Waals surface area contributed by atoms with Crippen LogP contribution in [-0.2, 0) is 16.0 Å². The summed E-state index contributed by atoms with van der Waals surface area (Å²) >= 11 is 0. The van der Waals surface area contributed by atoms with Gasteiger partial charge in [-0.3, -0.25) is 14.4 Å². The number of ketones is 1. The zero-order valence-corrected chi connectivity index (χ0v) is 18.0. The van der Waals surface area contributed by atoms with Gasteiger partial charge in [0.1, 0.15) is 11.3 Å². The molecule has 0 aliphatic carbocycles. The van der Waals surface area contributed by atoms with Gasteiger partial charge in [-0.05, 0) is 24.6 Å². The predicted molar refractivity (Wildman–Crippen MR) is 121 cm³/mol. The van der Waals surface area contributed by atoms with E-state index in [-0.39, 0.29) is 75.7 Å². The molecule has 10 nitrogen and oxygen atoms in total. The normalized spacial score (nSPS) is 10.9. The molecule has 33 heavy (non-hydrogen) atoms. The minimum atomic E-state index is -0.597. The van der Waals surface area contributed by atoms with Crippen molar-refractivity contribution in [3.8, 4) is 17.2 Å². The van der Waals surface area contributed by atoms with Gasteiger partial charge in [-0.25, -0.2) is 0 Å². The molecular formula is C23H25N3O7. The molecule has 174 valence electrons. The van der Waals surface area contributed by atoms with Gasteiger partial charge < -0.3 is 36.6 Å². The number of carbonyl (C=O) groups is 3. The number of rotatable bonds is 9. The number of hydrogen-bond acceptors (Lipinski definition) is 9. The van der Waals surface area contributed by atoms with Gasteiger partial charge in [-0.1, -0.05) is 13.3 Å². The first-order valence-electron chi connectivity index (χ1n) is 10.3. The number of nitrogens with two attached hydrogens (primary N) is 3. The summed E-state index contributed by atoms with van der Waals surface area (Å²) in [5, 5.41) is 20.5. The van der Waals surface area contributed by atoms with Crippen LogP contribution < -0.4 is 21.9 Å². The summed E-state index contributed by atoms with van der Waals surface area (Å²) in [5.41, 5.74) is 16.8. The number of phenolic OH excluding ortho intramolecular Hbond substituents is 2. The highest BCUT2D eigenvalue weighted by molar-refractivity contribution is 6.18. The van der Waals surface area contributed by atoms with Gasteiger partial charge in [0, 0.05) is 36.3 Å². The van der Waals surface area contributed by atoms with E-state index in [1.54, 1.807) is 0 Å². The van der Waals surface area contributed by atoms with Crippen LogP contribution in [0.3, 0.4) is 0 Å². The SMILES string of the molecule is CCCCC(=O)Oc1cc2oc(CCC(N)=O)c(C(=O)c3cc(N)c(O)c(N)c3)c2cc1O. The lowest BCUT2D eigenvalue weighted by Gasteiger charge is -2.08. The molecule has 0 fully saturated rings. The number of hydrogen-bond donors (Lipinski definition) is 5. The quantitative estimate of drug-likeness (QED) is 0.106. The smallest absolute Gasteiger partial charge is 0.311 e. The number of furan rings is 1. The number of aryl methyl sites for hydroxylation is 1. The number of anilines is 2. The maximum atomic E-state index is 13.4. The summed E-state index contributed by atoms with van der Waals surface area (Å²) in [6.07, 6.45) is 1.55. The Bertz CT molecular complexity index is 1220. The molecule has 1 heterocycles. The molecule has 3 rings (SSSR count). The number of carbonyl (C=O) groups excluding carboxylic acids is 3. The average Bonchev–Trinajstić information content (AvgIpc) is 3.10. The second-order valence-corrected chi connectivity index (χ2v) is 7.59. The summed E-state index contributed by atoms with van der Waals surface area (Å²) in [6.45, 7) is 1.93. The Kier molecular flexibility index (Phi) is 6.76. The van der Waals surface area contributed by atoms with E-state index < -0.39 is 17.7 Å². The molecule has 0 aliphatic rings. The number of primary amides is 1. The third-order valence-electron chi connectivity index (χ3n) is 5.06. The standard InChI is InChI=1S/C23H25N3O7/c1-2-3-4-20(29)33-18-10-17-12(9-15(18)27)21(16(32-17)5-6-19(26)28)22(30)11-7-13(24)23(31)14(25)8-11/h7-10,27,31H,2-6,24-25H2,1H3,(H2,26,28). The summed E-state index contributed by atoms with van der Waals surface area (Å²) in [7, 11) is 0. The lowest BCUT2D eigenvalue weighted by molar-refractivity contribution is -0.134. The molecule has 3 aromatic rings. The van der Waals surface area contributed by atoms with Gasteiger partial charge in [-0.2, -0.15) is 0 Å². The van der Waals surface area contributed by atoms with E-state index in [1.165, 1.54) is 24.3 Å². The third kappa shape index (κ3) is 5.00. The molecule has 0 saturated heterocycles. The van der Waals surface area contributed by atoms with Gasteiger partial charge in [0.2, 0.25) is 5.91 Å². The number of amides is 1. The van der Waals surface area contributed by atoms with Crippen molar-refractivity contribution in [2.24, 2.45) is 5.73 Å². The van der Waals surface area contributed by atoms with Crippen molar-refractivity contribution in [1.29, 1.82) is 0 Å². The first kappa shape index (κ1) is 23.5. The highest BCUT2D eigenvalue weighted by atomic mass is 16.5. The molecule has 1 aromatic heterocycles. The van der Waals surface area contributed by atoms with Crippen LogP contribution in [0.4, 0.5) is 11.4 Å². The van der Waals surface area contributed by atoms with Crippen molar-refractivity contribution in [2.45, 2.75) is 39.0 Å².